The van der Waals surface area contributed by atoms with E-state index in [0.29, 0.717) is 5.90 Å². The van der Waals surface area contributed by atoms with E-state index in [-0.39, 0.29) is 5.91 Å². The highest BCUT2D eigenvalue weighted by Gasteiger charge is 2.33. The summed E-state index contributed by atoms with van der Waals surface area (Å²) in [7, 11) is 3.99. The van der Waals surface area contributed by atoms with Gasteiger partial charge in [-0.15, -0.1) is 5.10 Å². The Bertz CT molecular complexity index is 846. The highest BCUT2D eigenvalue weighted by molar-refractivity contribution is 5.96. The van der Waals surface area contributed by atoms with Crippen LogP contribution in [0.3, 0.4) is 0 Å². The molecule has 1 amide bonds. The van der Waals surface area contributed by atoms with E-state index in [1.54, 1.807) is 0 Å². The molecule has 0 fully saturated rings. The summed E-state index contributed by atoms with van der Waals surface area (Å²) in [6.07, 6.45) is -0.533. The summed E-state index contributed by atoms with van der Waals surface area (Å²) in [4.78, 5) is 14.2. The van der Waals surface area contributed by atoms with E-state index in [1.807, 2.05) is 43.3 Å². The highest BCUT2D eigenvalue weighted by atomic mass is 16.5. The Morgan fingerprint density at radius 2 is 1.65 bits per heavy atom. The first-order valence-electron chi connectivity index (χ1n) is 8.68. The molecule has 1 atom stereocenters. The maximum absolute atomic E-state index is 12.1. The molecule has 0 saturated carbocycles. The van der Waals surface area contributed by atoms with Gasteiger partial charge in [-0.2, -0.15) is 5.01 Å². The molecule has 0 bridgehead atoms. The summed E-state index contributed by atoms with van der Waals surface area (Å²) >= 11 is 0. The minimum Gasteiger partial charge on any atom is -0.446 e. The van der Waals surface area contributed by atoms with Gasteiger partial charge in [0.1, 0.15) is 0 Å². The molecule has 0 spiro atoms. The van der Waals surface area contributed by atoms with Crippen molar-refractivity contribution in [2.75, 3.05) is 19.0 Å². The minimum atomic E-state index is -0.533. The minimum absolute atomic E-state index is 0.147. The number of carbonyl (C=O) groups is 1. The van der Waals surface area contributed by atoms with Gasteiger partial charge < -0.3 is 9.64 Å². The molecular weight excluding hydrogens is 326 g/mol. The molecule has 2 aromatic carbocycles. The smallest absolute Gasteiger partial charge is 0.243 e. The largest absolute Gasteiger partial charge is 0.446 e. The molecule has 0 radical (unpaired) electrons. The van der Waals surface area contributed by atoms with Crippen molar-refractivity contribution in [2.45, 2.75) is 33.9 Å². The Balaban J connectivity index is 1.94. The number of aryl methyl sites for hydroxylation is 2. The Hall–Kier alpha value is -2.82. The van der Waals surface area contributed by atoms with Gasteiger partial charge in [0, 0.05) is 37.8 Å². The number of carbonyl (C=O) groups excluding carboxylic acids is 1. The van der Waals surface area contributed by atoms with Gasteiger partial charge >= 0.3 is 0 Å². The van der Waals surface area contributed by atoms with Crippen molar-refractivity contribution >= 4 is 17.5 Å². The molecule has 1 heterocycles. The summed E-state index contributed by atoms with van der Waals surface area (Å²) in [5, 5.41) is 5.85. The average molecular weight is 351 g/mol. The van der Waals surface area contributed by atoms with Crippen molar-refractivity contribution < 1.29 is 9.53 Å². The zero-order valence-electron chi connectivity index (χ0n) is 16.2. The van der Waals surface area contributed by atoms with Crippen LogP contribution in [-0.4, -0.2) is 30.9 Å². The van der Waals surface area contributed by atoms with Crippen LogP contribution in [0.25, 0.3) is 0 Å². The fraction of sp³-hybridized carbons (Fsp3) is 0.333. The number of hydrogen-bond donors (Lipinski definition) is 0. The van der Waals surface area contributed by atoms with Gasteiger partial charge in [-0.25, -0.2) is 0 Å². The fourth-order valence-electron chi connectivity index (χ4n) is 3.01. The van der Waals surface area contributed by atoms with Gasteiger partial charge in [0.25, 0.3) is 0 Å². The molecule has 3 rings (SSSR count). The SMILES string of the molecule is CC(=O)N1N=C(c2ccc(N(C)C)cc2)OC1c1cc(C)c(C)c(C)c1. The maximum Gasteiger partial charge on any atom is 0.243 e. The van der Waals surface area contributed by atoms with Crippen LogP contribution >= 0.6 is 0 Å². The van der Waals surface area contributed by atoms with Crippen LogP contribution in [0.15, 0.2) is 41.5 Å². The van der Waals surface area contributed by atoms with E-state index in [1.165, 1.54) is 28.6 Å². The predicted octanol–water partition coefficient (Wildman–Crippen LogP) is 3.92. The van der Waals surface area contributed by atoms with Crippen LogP contribution in [0.5, 0.6) is 0 Å². The first-order valence-corrected chi connectivity index (χ1v) is 8.68. The summed E-state index contributed by atoms with van der Waals surface area (Å²) < 4.78 is 6.10. The van der Waals surface area contributed by atoms with Crippen LogP contribution < -0.4 is 4.90 Å². The number of anilines is 1. The van der Waals surface area contributed by atoms with Gasteiger partial charge in [0.05, 0.1) is 0 Å². The Morgan fingerprint density at radius 1 is 1.08 bits per heavy atom. The molecule has 1 aliphatic heterocycles. The topological polar surface area (TPSA) is 45.1 Å². The van der Waals surface area contributed by atoms with Crippen LogP contribution in [0.1, 0.15) is 41.0 Å². The van der Waals surface area contributed by atoms with Crippen molar-refractivity contribution in [3.05, 3.63) is 64.2 Å². The molecule has 2 aromatic rings. The van der Waals surface area contributed by atoms with Crippen molar-refractivity contribution in [3.63, 3.8) is 0 Å². The highest BCUT2D eigenvalue weighted by Crippen LogP contribution is 2.32. The van der Waals surface area contributed by atoms with E-state index in [2.05, 4.69) is 38.0 Å². The summed E-state index contributed by atoms with van der Waals surface area (Å²) in [6.45, 7) is 7.74. The fourth-order valence-corrected chi connectivity index (χ4v) is 3.01. The van der Waals surface area contributed by atoms with Gasteiger partial charge in [0.2, 0.25) is 18.0 Å². The van der Waals surface area contributed by atoms with Gasteiger partial charge in [0.15, 0.2) is 0 Å². The lowest BCUT2D eigenvalue weighted by Crippen LogP contribution is -2.25. The summed E-state index contributed by atoms with van der Waals surface area (Å²) in [5.74, 6) is 0.317. The molecule has 5 heteroatoms. The van der Waals surface area contributed by atoms with E-state index in [4.69, 9.17) is 4.74 Å². The molecule has 1 aliphatic rings. The third-order valence-corrected chi connectivity index (χ3v) is 4.83. The number of ether oxygens (including phenoxy) is 1. The van der Waals surface area contributed by atoms with Crippen molar-refractivity contribution in [3.8, 4) is 0 Å². The van der Waals surface area contributed by atoms with Gasteiger partial charge in [-0.3, -0.25) is 4.79 Å². The first kappa shape index (κ1) is 18.0. The molecule has 0 aromatic heterocycles. The molecule has 26 heavy (non-hydrogen) atoms. The summed E-state index contributed by atoms with van der Waals surface area (Å²) in [6, 6.07) is 12.1. The second kappa shape index (κ2) is 6.83. The predicted molar refractivity (Wildman–Crippen MR) is 104 cm³/mol. The van der Waals surface area contributed by atoms with Crippen LogP contribution in [-0.2, 0) is 9.53 Å². The lowest BCUT2D eigenvalue weighted by molar-refractivity contribution is -0.135. The standard InChI is InChI=1S/C21H25N3O2/c1-13-11-18(12-14(2)15(13)3)21-24(16(4)25)22-20(26-21)17-7-9-19(10-8-17)23(5)6/h7-12,21H,1-6H3. The second-order valence-corrected chi connectivity index (χ2v) is 6.96. The average Bonchev–Trinajstić information content (AvgIpc) is 3.05. The number of nitrogens with zero attached hydrogens (tertiary/aromatic N) is 3. The Kier molecular flexibility index (Phi) is 4.72. The molecule has 1 unspecified atom stereocenters. The third-order valence-electron chi connectivity index (χ3n) is 4.83. The van der Waals surface area contributed by atoms with E-state index >= 15 is 0 Å². The van der Waals surface area contributed by atoms with Crippen molar-refractivity contribution in [2.24, 2.45) is 5.10 Å². The lowest BCUT2D eigenvalue weighted by Gasteiger charge is -2.21. The van der Waals surface area contributed by atoms with Crippen LogP contribution in [0, 0.1) is 20.8 Å². The number of amides is 1. The van der Waals surface area contributed by atoms with Crippen LogP contribution in [0.2, 0.25) is 0 Å². The summed E-state index contributed by atoms with van der Waals surface area (Å²) in [5.41, 5.74) is 6.49. The molecular formula is C21H25N3O2. The Labute approximate surface area is 154 Å². The zero-order valence-corrected chi connectivity index (χ0v) is 16.2. The molecule has 0 saturated heterocycles. The maximum atomic E-state index is 12.1. The number of hydrazone groups is 1. The third kappa shape index (κ3) is 3.29. The van der Waals surface area contributed by atoms with E-state index < -0.39 is 6.23 Å². The molecule has 136 valence electrons. The second-order valence-electron chi connectivity index (χ2n) is 6.96. The monoisotopic (exact) mass is 351 g/mol. The lowest BCUT2D eigenvalue weighted by atomic mass is 10.00. The number of hydrogen-bond acceptors (Lipinski definition) is 4. The quantitative estimate of drug-likeness (QED) is 0.842. The van der Waals surface area contributed by atoms with E-state index in [9.17, 15) is 4.79 Å². The normalized spacial score (nSPS) is 16.3. The molecule has 0 N–H and O–H groups in total. The molecule has 0 aliphatic carbocycles. The Morgan fingerprint density at radius 3 is 2.15 bits per heavy atom. The molecule has 5 nitrogen and oxygen atoms in total. The zero-order chi connectivity index (χ0) is 19.0. The van der Waals surface area contributed by atoms with Crippen molar-refractivity contribution in [1.82, 2.24) is 5.01 Å². The van der Waals surface area contributed by atoms with Crippen LogP contribution in [0.4, 0.5) is 5.69 Å². The first-order chi connectivity index (χ1) is 12.3. The number of benzene rings is 2. The number of rotatable bonds is 3. The van der Waals surface area contributed by atoms with Gasteiger partial charge in [-0.1, -0.05) is 12.1 Å². The van der Waals surface area contributed by atoms with E-state index in [0.717, 1.165) is 16.8 Å². The van der Waals surface area contributed by atoms with Crippen molar-refractivity contribution in [1.29, 1.82) is 0 Å². The van der Waals surface area contributed by atoms with Gasteiger partial charge in [-0.05, 0) is 61.7 Å².